The first-order valence-electron chi connectivity index (χ1n) is 20.5. The molecule has 4 saturated heterocycles. The molecule has 1 spiro atoms. The first-order chi connectivity index (χ1) is 25.5. The molecule has 9 rings (SSSR count). The van der Waals surface area contributed by atoms with E-state index in [4.69, 9.17) is 23.7 Å². The van der Waals surface area contributed by atoms with Crippen molar-refractivity contribution < 1.29 is 69.3 Å². The molecule has 4 aliphatic heterocycles. The van der Waals surface area contributed by atoms with Crippen molar-refractivity contribution in [3.63, 3.8) is 0 Å². The van der Waals surface area contributed by atoms with Gasteiger partial charge >= 0.3 is 5.97 Å². The number of ether oxygens (including phenoxy) is 5. The smallest absolute Gasteiger partial charge is 0.317 e. The van der Waals surface area contributed by atoms with Gasteiger partial charge in [0, 0.05) is 0 Å². The van der Waals surface area contributed by atoms with Crippen LogP contribution in [-0.4, -0.2) is 139 Å². The van der Waals surface area contributed by atoms with Crippen molar-refractivity contribution in [3.05, 3.63) is 11.1 Å². The van der Waals surface area contributed by atoms with Crippen LogP contribution >= 0.6 is 0 Å². The predicted molar refractivity (Wildman–Crippen MR) is 192 cm³/mol. The second-order valence-electron chi connectivity index (χ2n) is 20.3. The number of hydrogen-bond acceptors (Lipinski definition) is 14. The standard InChI is InChI=1S/C41H64O14/c1-35(2)22-8-11-37(4)23(16-19(43)25-31-40(7,50)39(6)13-15-41(31,34(49)55-39)14-12-38(25,37)5)36(22,3)10-9-24(35)53-32-29(48)30(20(44)18-51-32)54-33-28(47)27(46)26(45)21(17-42)52-33/h19-24,26-30,32-33,42-48,50H,8-18H2,1-7H3. The van der Waals surface area contributed by atoms with Gasteiger partial charge in [0.25, 0.3) is 0 Å². The summed E-state index contributed by atoms with van der Waals surface area (Å²) in [6, 6.07) is 0. The van der Waals surface area contributed by atoms with E-state index < -0.39 is 95.5 Å². The number of esters is 1. The lowest BCUT2D eigenvalue weighted by molar-refractivity contribution is -0.357. The Morgan fingerprint density at radius 1 is 0.764 bits per heavy atom. The van der Waals surface area contributed by atoms with E-state index in [-0.39, 0.29) is 41.3 Å². The molecule has 5 aliphatic carbocycles. The molecule has 55 heavy (non-hydrogen) atoms. The molecular weight excluding hydrogens is 716 g/mol. The Morgan fingerprint density at radius 3 is 2.13 bits per heavy atom. The highest BCUT2D eigenvalue weighted by Crippen LogP contribution is 2.77. The summed E-state index contributed by atoms with van der Waals surface area (Å²) in [6.07, 6.45) is -8.01. The fourth-order valence-electron chi connectivity index (χ4n) is 13.9. The molecule has 0 aromatic rings. The largest absolute Gasteiger partial charge is 0.455 e. The van der Waals surface area contributed by atoms with Crippen LogP contribution in [0.3, 0.4) is 0 Å². The number of carbonyl (C=O) groups is 1. The van der Waals surface area contributed by atoms with E-state index in [0.717, 1.165) is 36.8 Å². The van der Waals surface area contributed by atoms with E-state index in [0.29, 0.717) is 32.1 Å². The average molecular weight is 781 g/mol. The summed E-state index contributed by atoms with van der Waals surface area (Å²) in [6.45, 7) is 14.1. The Balaban J connectivity index is 1.04. The number of carbonyl (C=O) groups excluding carboxylic acids is 1. The molecule has 8 N–H and O–H groups in total. The van der Waals surface area contributed by atoms with E-state index in [1.54, 1.807) is 6.92 Å². The molecule has 2 bridgehead atoms. The number of rotatable bonds is 5. The highest BCUT2D eigenvalue weighted by molar-refractivity contribution is 5.86. The number of aliphatic hydroxyl groups is 8. The van der Waals surface area contributed by atoms with Crippen LogP contribution in [0.25, 0.3) is 0 Å². The Labute approximate surface area is 323 Å². The minimum Gasteiger partial charge on any atom is -0.455 e. The van der Waals surface area contributed by atoms with Gasteiger partial charge in [0.15, 0.2) is 12.6 Å². The van der Waals surface area contributed by atoms with Crippen molar-refractivity contribution in [2.45, 2.75) is 185 Å². The maximum absolute atomic E-state index is 13.7. The van der Waals surface area contributed by atoms with E-state index >= 15 is 0 Å². The van der Waals surface area contributed by atoms with Crippen molar-refractivity contribution in [1.82, 2.24) is 0 Å². The minimum atomic E-state index is -1.71. The zero-order valence-electron chi connectivity index (χ0n) is 33.3. The van der Waals surface area contributed by atoms with E-state index in [9.17, 15) is 45.6 Å². The lowest BCUT2D eigenvalue weighted by atomic mass is 9.33. The lowest BCUT2D eigenvalue weighted by Crippen LogP contribution is -2.72. The Bertz CT molecular complexity index is 1580. The molecule has 4 heterocycles. The van der Waals surface area contributed by atoms with Crippen LogP contribution in [0.15, 0.2) is 11.1 Å². The fourth-order valence-corrected chi connectivity index (χ4v) is 13.9. The van der Waals surface area contributed by atoms with Gasteiger partial charge in [0.05, 0.1) is 30.8 Å². The third-order valence-corrected chi connectivity index (χ3v) is 17.6. The zero-order valence-corrected chi connectivity index (χ0v) is 33.3. The third kappa shape index (κ3) is 5.25. The first-order valence-corrected chi connectivity index (χ1v) is 20.5. The van der Waals surface area contributed by atoms with E-state index in [2.05, 4.69) is 34.6 Å². The molecule has 14 heteroatoms. The Hall–Kier alpha value is -1.27. The van der Waals surface area contributed by atoms with Crippen molar-refractivity contribution in [2.75, 3.05) is 13.2 Å². The molecule has 19 atom stereocenters. The molecule has 14 nitrogen and oxygen atoms in total. The summed E-state index contributed by atoms with van der Waals surface area (Å²) in [4.78, 5) is 13.7. The van der Waals surface area contributed by atoms with E-state index in [1.165, 1.54) is 0 Å². The predicted octanol–water partition coefficient (Wildman–Crippen LogP) is 1.20. The summed E-state index contributed by atoms with van der Waals surface area (Å²) in [5.41, 5.74) is -3.02. The molecule has 8 fully saturated rings. The normalized spacial score (nSPS) is 57.2. The van der Waals surface area contributed by atoms with Crippen molar-refractivity contribution >= 4 is 5.97 Å². The summed E-state index contributed by atoms with van der Waals surface area (Å²) < 4.78 is 29.7. The summed E-state index contributed by atoms with van der Waals surface area (Å²) in [5.74, 6) is 0.0430. The van der Waals surface area contributed by atoms with Gasteiger partial charge in [-0.1, -0.05) is 34.6 Å². The van der Waals surface area contributed by atoms with Crippen molar-refractivity contribution in [2.24, 2.45) is 38.9 Å². The number of aliphatic hydroxyl groups excluding tert-OH is 7. The molecule has 0 aromatic heterocycles. The average Bonchev–Trinajstić information content (AvgIpc) is 3.11. The van der Waals surface area contributed by atoms with Gasteiger partial charge in [-0.25, -0.2) is 0 Å². The second kappa shape index (κ2) is 12.9. The maximum Gasteiger partial charge on any atom is 0.317 e. The quantitative estimate of drug-likeness (QED) is 0.112. The topological polar surface area (TPSA) is 225 Å². The van der Waals surface area contributed by atoms with Crippen LogP contribution in [0.1, 0.15) is 106 Å². The van der Waals surface area contributed by atoms with Crippen LogP contribution in [0, 0.1) is 38.9 Å². The Morgan fingerprint density at radius 2 is 1.45 bits per heavy atom. The minimum absolute atomic E-state index is 0.133. The maximum atomic E-state index is 13.7. The van der Waals surface area contributed by atoms with Gasteiger partial charge < -0.3 is 64.5 Å². The molecule has 0 amide bonds. The number of fused-ring (bicyclic) bond motifs is 7. The highest BCUT2D eigenvalue weighted by Gasteiger charge is 2.75. The van der Waals surface area contributed by atoms with Crippen molar-refractivity contribution in [1.29, 1.82) is 0 Å². The van der Waals surface area contributed by atoms with Crippen molar-refractivity contribution in [3.8, 4) is 0 Å². The zero-order chi connectivity index (χ0) is 40.1. The monoisotopic (exact) mass is 780 g/mol. The molecule has 4 saturated carbocycles. The summed E-state index contributed by atoms with van der Waals surface area (Å²) in [7, 11) is 0. The van der Waals surface area contributed by atoms with E-state index in [1.807, 2.05) is 6.92 Å². The third-order valence-electron chi connectivity index (χ3n) is 17.6. The SMILES string of the molecule is CC1(C)C(OC2OCC(O)C(OC3OC(CO)C(O)C(O)C3O)C2O)CCC2(C)C1CCC1(C)C2CC(O)C2=C3C4(CCC(C)(OC4=O)C3(C)O)CCC21C. The molecular formula is C41H64O14. The van der Waals surface area contributed by atoms with Gasteiger partial charge in [-0.2, -0.15) is 0 Å². The van der Waals surface area contributed by atoms with Gasteiger partial charge in [0.2, 0.25) is 0 Å². The van der Waals surface area contributed by atoms with Gasteiger partial charge in [-0.3, -0.25) is 4.79 Å². The lowest BCUT2D eigenvalue weighted by Gasteiger charge is -2.73. The molecule has 0 radical (unpaired) electrons. The molecule has 0 aromatic carbocycles. The first kappa shape index (κ1) is 40.5. The van der Waals surface area contributed by atoms with Crippen LogP contribution in [0.4, 0.5) is 0 Å². The molecule has 312 valence electrons. The molecule has 19 unspecified atom stereocenters. The van der Waals surface area contributed by atoms with Crippen LogP contribution in [0.2, 0.25) is 0 Å². The fraction of sp³-hybridized carbons (Fsp3) is 0.927. The summed E-state index contributed by atoms with van der Waals surface area (Å²) in [5, 5.41) is 87.5. The van der Waals surface area contributed by atoms with Gasteiger partial charge in [-0.05, 0) is 116 Å². The Kier molecular flexibility index (Phi) is 9.47. The van der Waals surface area contributed by atoms with Crippen LogP contribution in [0.5, 0.6) is 0 Å². The summed E-state index contributed by atoms with van der Waals surface area (Å²) >= 11 is 0. The van der Waals surface area contributed by atoms with Gasteiger partial charge in [0.1, 0.15) is 53.9 Å². The molecule has 9 aliphatic rings. The highest BCUT2D eigenvalue weighted by atomic mass is 16.7. The van der Waals surface area contributed by atoms with Gasteiger partial charge in [-0.15, -0.1) is 0 Å². The number of hydrogen-bond donors (Lipinski definition) is 8. The van der Waals surface area contributed by atoms with Crippen LogP contribution in [-0.2, 0) is 28.5 Å². The van der Waals surface area contributed by atoms with Crippen LogP contribution < -0.4 is 0 Å². The second-order valence-corrected chi connectivity index (χ2v) is 20.3.